The first-order valence-electron chi connectivity index (χ1n) is 11.3. The van der Waals surface area contributed by atoms with Gasteiger partial charge in [0.1, 0.15) is 0 Å². The van der Waals surface area contributed by atoms with Crippen molar-refractivity contribution in [3.05, 3.63) is 95.6 Å². The van der Waals surface area contributed by atoms with Crippen LogP contribution < -0.4 is 21.3 Å². The minimum absolute atomic E-state index is 0.0117. The molecular formula is C27H30N4O3. The molecule has 0 aliphatic carbocycles. The molecule has 4 N–H and O–H groups in total. The van der Waals surface area contributed by atoms with E-state index in [9.17, 15) is 14.4 Å². The van der Waals surface area contributed by atoms with Crippen LogP contribution in [-0.4, -0.2) is 30.8 Å². The van der Waals surface area contributed by atoms with Crippen molar-refractivity contribution in [2.75, 3.05) is 23.7 Å². The maximum atomic E-state index is 12.7. The maximum absolute atomic E-state index is 12.7. The van der Waals surface area contributed by atoms with Crippen LogP contribution in [0.3, 0.4) is 0 Å². The molecule has 176 valence electrons. The van der Waals surface area contributed by atoms with Crippen LogP contribution in [0.25, 0.3) is 0 Å². The highest BCUT2D eigenvalue weighted by atomic mass is 16.2. The molecule has 3 aromatic carbocycles. The van der Waals surface area contributed by atoms with Crippen molar-refractivity contribution in [2.45, 2.75) is 26.3 Å². The predicted molar refractivity (Wildman–Crippen MR) is 135 cm³/mol. The van der Waals surface area contributed by atoms with Crippen molar-refractivity contribution in [3.63, 3.8) is 0 Å². The molecule has 3 amide bonds. The van der Waals surface area contributed by atoms with E-state index in [1.807, 2.05) is 44.2 Å². The van der Waals surface area contributed by atoms with Gasteiger partial charge in [-0.25, -0.2) is 0 Å². The monoisotopic (exact) mass is 458 g/mol. The predicted octanol–water partition coefficient (Wildman–Crippen LogP) is 4.37. The Kier molecular flexibility index (Phi) is 8.80. The molecule has 0 heterocycles. The summed E-state index contributed by atoms with van der Waals surface area (Å²) in [4.78, 5) is 37.2. The molecule has 1 unspecified atom stereocenters. The molecule has 0 spiro atoms. The highest BCUT2D eigenvalue weighted by Gasteiger charge is 2.12. The molecule has 0 fully saturated rings. The van der Waals surface area contributed by atoms with Gasteiger partial charge >= 0.3 is 0 Å². The summed E-state index contributed by atoms with van der Waals surface area (Å²) in [7, 11) is 0. The fourth-order valence-electron chi connectivity index (χ4n) is 3.34. The molecule has 34 heavy (non-hydrogen) atoms. The summed E-state index contributed by atoms with van der Waals surface area (Å²) in [6, 6.07) is 23.4. The first-order valence-corrected chi connectivity index (χ1v) is 11.3. The van der Waals surface area contributed by atoms with E-state index in [1.54, 1.807) is 48.5 Å². The third kappa shape index (κ3) is 7.20. The Morgan fingerprint density at radius 2 is 1.44 bits per heavy atom. The van der Waals surface area contributed by atoms with Crippen LogP contribution in [0.1, 0.15) is 52.6 Å². The van der Waals surface area contributed by atoms with Crippen molar-refractivity contribution in [1.29, 1.82) is 0 Å². The van der Waals surface area contributed by atoms with Gasteiger partial charge in [0.25, 0.3) is 11.8 Å². The van der Waals surface area contributed by atoms with Gasteiger partial charge in [0.05, 0.1) is 12.6 Å². The third-order valence-electron chi connectivity index (χ3n) is 5.17. The van der Waals surface area contributed by atoms with Gasteiger partial charge in [-0.1, -0.05) is 49.4 Å². The molecule has 0 aliphatic rings. The van der Waals surface area contributed by atoms with E-state index < -0.39 is 0 Å². The minimum Gasteiger partial charge on any atom is -0.376 e. The molecule has 3 rings (SSSR count). The standard InChI is InChI=1S/C27H30N4O3/c1-3-15-28-26(33)21-11-8-14-24(17-21)31-25(32)18-29-23-13-7-12-22(16-23)27(34)30-19(2)20-9-5-4-6-10-20/h4-14,16-17,19,29H,3,15,18H2,1-2H3,(H,28,33)(H,30,34)(H,31,32). The lowest BCUT2D eigenvalue weighted by molar-refractivity contribution is -0.114. The summed E-state index contributed by atoms with van der Waals surface area (Å²) in [6.07, 6.45) is 0.850. The van der Waals surface area contributed by atoms with Crippen LogP contribution in [0.4, 0.5) is 11.4 Å². The topological polar surface area (TPSA) is 99.3 Å². The van der Waals surface area contributed by atoms with Crippen LogP contribution in [0.5, 0.6) is 0 Å². The van der Waals surface area contributed by atoms with Crippen LogP contribution in [0.15, 0.2) is 78.9 Å². The lowest BCUT2D eigenvalue weighted by atomic mass is 10.1. The number of carbonyl (C=O) groups is 3. The van der Waals surface area contributed by atoms with Gasteiger partial charge in [-0.05, 0) is 55.3 Å². The Morgan fingerprint density at radius 1 is 0.794 bits per heavy atom. The summed E-state index contributed by atoms with van der Waals surface area (Å²) in [5.74, 6) is -0.631. The molecule has 0 aromatic heterocycles. The smallest absolute Gasteiger partial charge is 0.251 e. The van der Waals surface area contributed by atoms with Gasteiger partial charge < -0.3 is 21.3 Å². The van der Waals surface area contributed by atoms with E-state index in [4.69, 9.17) is 0 Å². The van der Waals surface area contributed by atoms with Crippen molar-refractivity contribution in [3.8, 4) is 0 Å². The van der Waals surface area contributed by atoms with E-state index in [1.165, 1.54) is 0 Å². The number of rotatable bonds is 10. The van der Waals surface area contributed by atoms with E-state index in [-0.39, 0.29) is 30.3 Å². The average Bonchev–Trinajstić information content (AvgIpc) is 2.86. The summed E-state index contributed by atoms with van der Waals surface area (Å²) < 4.78 is 0. The third-order valence-corrected chi connectivity index (χ3v) is 5.17. The SMILES string of the molecule is CCCNC(=O)c1cccc(NC(=O)CNc2cccc(C(=O)NC(C)c3ccccc3)c2)c1. The molecule has 7 nitrogen and oxygen atoms in total. The number of hydrogen-bond acceptors (Lipinski definition) is 4. The lowest BCUT2D eigenvalue weighted by Crippen LogP contribution is -2.27. The molecule has 0 saturated heterocycles. The zero-order chi connectivity index (χ0) is 24.3. The zero-order valence-electron chi connectivity index (χ0n) is 19.4. The quantitative estimate of drug-likeness (QED) is 0.363. The van der Waals surface area contributed by atoms with E-state index in [0.29, 0.717) is 29.0 Å². The van der Waals surface area contributed by atoms with Gasteiger partial charge in [-0.15, -0.1) is 0 Å². The summed E-state index contributed by atoms with van der Waals surface area (Å²) >= 11 is 0. The van der Waals surface area contributed by atoms with Crippen molar-refractivity contribution in [1.82, 2.24) is 10.6 Å². The molecule has 0 bridgehead atoms. The number of carbonyl (C=O) groups excluding carboxylic acids is 3. The number of nitrogens with one attached hydrogen (secondary N) is 4. The molecule has 0 radical (unpaired) electrons. The van der Waals surface area contributed by atoms with E-state index >= 15 is 0 Å². The molecule has 0 aliphatic heterocycles. The minimum atomic E-state index is -0.265. The number of anilines is 2. The zero-order valence-corrected chi connectivity index (χ0v) is 19.4. The van der Waals surface area contributed by atoms with Crippen LogP contribution in [0.2, 0.25) is 0 Å². The second-order valence-corrected chi connectivity index (χ2v) is 7.93. The summed E-state index contributed by atoms with van der Waals surface area (Å²) in [5.41, 5.74) is 3.21. The Morgan fingerprint density at radius 3 is 2.15 bits per heavy atom. The molecule has 0 saturated carbocycles. The fourth-order valence-corrected chi connectivity index (χ4v) is 3.34. The second-order valence-electron chi connectivity index (χ2n) is 7.93. The van der Waals surface area contributed by atoms with Gasteiger partial charge in [0.15, 0.2) is 0 Å². The first-order chi connectivity index (χ1) is 16.5. The largest absolute Gasteiger partial charge is 0.376 e. The number of hydrogen-bond donors (Lipinski definition) is 4. The second kappa shape index (κ2) is 12.2. The summed E-state index contributed by atoms with van der Waals surface area (Å²) in [5, 5.41) is 11.6. The number of amides is 3. The van der Waals surface area contributed by atoms with Gasteiger partial charge in [0, 0.05) is 29.0 Å². The first kappa shape index (κ1) is 24.5. The Hall–Kier alpha value is -4.13. The highest BCUT2D eigenvalue weighted by molar-refractivity contribution is 5.98. The molecule has 1 atom stereocenters. The van der Waals surface area contributed by atoms with Crippen molar-refractivity contribution < 1.29 is 14.4 Å². The lowest BCUT2D eigenvalue weighted by Gasteiger charge is -2.15. The van der Waals surface area contributed by atoms with Gasteiger partial charge in [0.2, 0.25) is 5.91 Å². The van der Waals surface area contributed by atoms with Crippen molar-refractivity contribution >= 4 is 29.1 Å². The summed E-state index contributed by atoms with van der Waals surface area (Å²) in [6.45, 7) is 4.53. The number of benzene rings is 3. The molecular weight excluding hydrogens is 428 g/mol. The Labute approximate surface area is 200 Å². The van der Waals surface area contributed by atoms with E-state index in [2.05, 4.69) is 21.3 Å². The molecule has 3 aromatic rings. The van der Waals surface area contributed by atoms with Crippen LogP contribution in [0, 0.1) is 0 Å². The molecule has 7 heteroatoms. The van der Waals surface area contributed by atoms with Crippen LogP contribution >= 0.6 is 0 Å². The highest BCUT2D eigenvalue weighted by Crippen LogP contribution is 2.15. The fraction of sp³-hybridized carbons (Fsp3) is 0.222. The maximum Gasteiger partial charge on any atom is 0.251 e. The van der Waals surface area contributed by atoms with Crippen molar-refractivity contribution in [2.24, 2.45) is 0 Å². The van der Waals surface area contributed by atoms with Gasteiger partial charge in [-0.3, -0.25) is 14.4 Å². The van der Waals surface area contributed by atoms with Crippen LogP contribution in [-0.2, 0) is 4.79 Å². The average molecular weight is 459 g/mol. The Bertz CT molecular complexity index is 1130. The van der Waals surface area contributed by atoms with E-state index in [0.717, 1.165) is 12.0 Å². The van der Waals surface area contributed by atoms with Gasteiger partial charge in [-0.2, -0.15) is 0 Å². The Balaban J connectivity index is 1.54. The normalized spacial score (nSPS) is 11.2.